The van der Waals surface area contributed by atoms with Gasteiger partial charge in [0.2, 0.25) is 0 Å². The highest BCUT2D eigenvalue weighted by Gasteiger charge is 2.32. The van der Waals surface area contributed by atoms with Gasteiger partial charge in [0.25, 0.3) is 0 Å². The summed E-state index contributed by atoms with van der Waals surface area (Å²) in [7, 11) is 2.55. The lowest BCUT2D eigenvalue weighted by atomic mass is 10.0. The van der Waals surface area contributed by atoms with E-state index in [4.69, 9.17) is 4.74 Å². The van der Waals surface area contributed by atoms with Crippen LogP contribution in [-0.4, -0.2) is 31.9 Å². The highest BCUT2D eigenvalue weighted by Crippen LogP contribution is 2.38. The van der Waals surface area contributed by atoms with Crippen LogP contribution in [0.1, 0.15) is 36.6 Å². The van der Waals surface area contributed by atoms with Crippen molar-refractivity contribution in [2.45, 2.75) is 0 Å². The van der Waals surface area contributed by atoms with E-state index in [1.54, 1.807) is 30.3 Å². The fraction of sp³-hybridized carbons (Fsp3) is 0.118. The zero-order chi connectivity index (χ0) is 15.9. The number of hydrogen-bond donors (Lipinski definition) is 0. The Balaban J connectivity index is 2.20. The van der Waals surface area contributed by atoms with Gasteiger partial charge in [0.1, 0.15) is 0 Å². The molecule has 0 saturated carbocycles. The standard InChI is InChI=1S/C17H12O5/c1-21-16(19)9-6-7-10-11-4-3-5-12(17(20)22-2)14(11)15(18)13(10)8-9/h3-8H,1-2H3. The number of carbonyl (C=O) groups excluding carboxylic acids is 3. The topological polar surface area (TPSA) is 69.7 Å². The van der Waals surface area contributed by atoms with Crippen LogP contribution in [0.2, 0.25) is 0 Å². The summed E-state index contributed by atoms with van der Waals surface area (Å²) >= 11 is 0. The molecule has 0 radical (unpaired) electrons. The van der Waals surface area contributed by atoms with Gasteiger partial charge in [-0.3, -0.25) is 4.79 Å². The third-order valence-corrected chi connectivity index (χ3v) is 3.67. The summed E-state index contributed by atoms with van der Waals surface area (Å²) in [5, 5.41) is 0. The van der Waals surface area contributed by atoms with Crippen LogP contribution in [-0.2, 0) is 9.47 Å². The van der Waals surface area contributed by atoms with Gasteiger partial charge in [-0.05, 0) is 29.3 Å². The van der Waals surface area contributed by atoms with Crippen LogP contribution in [0.4, 0.5) is 0 Å². The average molecular weight is 296 g/mol. The summed E-state index contributed by atoms with van der Waals surface area (Å²) in [6, 6.07) is 9.79. The van der Waals surface area contributed by atoms with E-state index in [9.17, 15) is 14.4 Å². The summed E-state index contributed by atoms with van der Waals surface area (Å²) in [6.45, 7) is 0. The molecule has 5 heteroatoms. The van der Waals surface area contributed by atoms with Gasteiger partial charge >= 0.3 is 11.9 Å². The first-order chi connectivity index (χ1) is 10.6. The SMILES string of the molecule is COC(=O)c1ccc2c(c1)C(=O)c1c(C(=O)OC)cccc1-2. The summed E-state index contributed by atoms with van der Waals surface area (Å²) in [6.07, 6.45) is 0. The summed E-state index contributed by atoms with van der Waals surface area (Å²) in [4.78, 5) is 36.1. The molecule has 0 spiro atoms. The van der Waals surface area contributed by atoms with E-state index in [-0.39, 0.29) is 11.3 Å². The Morgan fingerprint density at radius 1 is 0.864 bits per heavy atom. The van der Waals surface area contributed by atoms with Crippen LogP contribution in [0, 0.1) is 0 Å². The Labute approximate surface area is 126 Å². The second-order valence-corrected chi connectivity index (χ2v) is 4.80. The zero-order valence-corrected chi connectivity index (χ0v) is 12.0. The molecule has 0 aromatic heterocycles. The third-order valence-electron chi connectivity index (χ3n) is 3.67. The van der Waals surface area contributed by atoms with E-state index in [2.05, 4.69) is 4.74 Å². The number of ketones is 1. The highest BCUT2D eigenvalue weighted by molar-refractivity contribution is 6.25. The lowest BCUT2D eigenvalue weighted by molar-refractivity contribution is 0.0590. The molecule has 0 N–H and O–H groups in total. The fourth-order valence-corrected chi connectivity index (χ4v) is 2.65. The molecular formula is C17H12O5. The summed E-state index contributed by atoms with van der Waals surface area (Å²) in [5.41, 5.74) is 2.57. The molecule has 1 aliphatic rings. The molecule has 0 aliphatic heterocycles. The first-order valence-corrected chi connectivity index (χ1v) is 6.57. The summed E-state index contributed by atoms with van der Waals surface area (Å²) in [5.74, 6) is -1.37. The van der Waals surface area contributed by atoms with Crippen LogP contribution in [0.25, 0.3) is 11.1 Å². The largest absolute Gasteiger partial charge is 0.465 e. The second-order valence-electron chi connectivity index (χ2n) is 4.80. The average Bonchev–Trinajstić information content (AvgIpc) is 2.86. The van der Waals surface area contributed by atoms with Crippen molar-refractivity contribution in [3.63, 3.8) is 0 Å². The van der Waals surface area contributed by atoms with Crippen molar-refractivity contribution >= 4 is 17.7 Å². The second kappa shape index (κ2) is 5.11. The van der Waals surface area contributed by atoms with Gasteiger partial charge in [-0.2, -0.15) is 0 Å². The first kappa shape index (κ1) is 14.0. The van der Waals surface area contributed by atoms with E-state index in [0.717, 1.165) is 0 Å². The molecule has 0 amide bonds. The van der Waals surface area contributed by atoms with Crippen LogP contribution in [0.3, 0.4) is 0 Å². The number of ether oxygens (including phenoxy) is 2. The van der Waals surface area contributed by atoms with Crippen molar-refractivity contribution in [3.05, 3.63) is 58.7 Å². The van der Waals surface area contributed by atoms with Crippen molar-refractivity contribution in [2.75, 3.05) is 14.2 Å². The van der Waals surface area contributed by atoms with E-state index in [0.29, 0.717) is 27.8 Å². The van der Waals surface area contributed by atoms with Crippen LogP contribution in [0.15, 0.2) is 36.4 Å². The molecule has 2 aromatic carbocycles. The highest BCUT2D eigenvalue weighted by atomic mass is 16.5. The maximum absolute atomic E-state index is 12.6. The molecule has 0 unspecified atom stereocenters. The Hall–Kier alpha value is -2.95. The number of fused-ring (bicyclic) bond motifs is 3. The first-order valence-electron chi connectivity index (χ1n) is 6.57. The minimum Gasteiger partial charge on any atom is -0.465 e. The predicted octanol–water partition coefficient (Wildman–Crippen LogP) is 2.47. The molecule has 2 aromatic rings. The predicted molar refractivity (Wildman–Crippen MR) is 78.0 cm³/mol. The Morgan fingerprint density at radius 3 is 2.27 bits per heavy atom. The van der Waals surface area contributed by atoms with Crippen molar-refractivity contribution in [3.8, 4) is 11.1 Å². The van der Waals surface area contributed by atoms with Gasteiger partial charge in [-0.1, -0.05) is 18.2 Å². The minimum atomic E-state index is -0.564. The number of carbonyl (C=O) groups is 3. The zero-order valence-electron chi connectivity index (χ0n) is 12.0. The number of rotatable bonds is 2. The number of methoxy groups -OCH3 is 2. The Bertz CT molecular complexity index is 820. The molecule has 0 saturated heterocycles. The van der Waals surface area contributed by atoms with Crippen LogP contribution in [0.5, 0.6) is 0 Å². The van der Waals surface area contributed by atoms with Crippen molar-refractivity contribution in [1.82, 2.24) is 0 Å². The molecule has 0 bridgehead atoms. The van der Waals surface area contributed by atoms with E-state index in [1.165, 1.54) is 20.3 Å². The molecular weight excluding hydrogens is 284 g/mol. The molecule has 3 rings (SSSR count). The van der Waals surface area contributed by atoms with Crippen LogP contribution >= 0.6 is 0 Å². The van der Waals surface area contributed by atoms with E-state index >= 15 is 0 Å². The lowest BCUT2D eigenvalue weighted by Crippen LogP contribution is -2.09. The quantitative estimate of drug-likeness (QED) is 0.679. The number of esters is 2. The van der Waals surface area contributed by atoms with Gasteiger partial charge < -0.3 is 9.47 Å². The Kier molecular flexibility index (Phi) is 3.25. The summed E-state index contributed by atoms with van der Waals surface area (Å²) < 4.78 is 9.39. The normalized spacial score (nSPS) is 11.6. The van der Waals surface area contributed by atoms with Gasteiger partial charge in [-0.15, -0.1) is 0 Å². The lowest BCUT2D eigenvalue weighted by Gasteiger charge is -2.05. The maximum atomic E-state index is 12.6. The third kappa shape index (κ3) is 1.90. The van der Waals surface area contributed by atoms with Gasteiger partial charge in [0.15, 0.2) is 5.78 Å². The molecule has 0 fully saturated rings. The number of benzene rings is 2. The molecule has 0 atom stereocenters. The minimum absolute atomic E-state index is 0.223. The molecule has 0 heterocycles. The number of hydrogen-bond acceptors (Lipinski definition) is 5. The van der Waals surface area contributed by atoms with Gasteiger partial charge in [0, 0.05) is 11.1 Å². The molecule has 110 valence electrons. The Morgan fingerprint density at radius 2 is 1.59 bits per heavy atom. The van der Waals surface area contributed by atoms with Crippen LogP contribution < -0.4 is 0 Å². The van der Waals surface area contributed by atoms with Gasteiger partial charge in [-0.25, -0.2) is 9.59 Å². The smallest absolute Gasteiger partial charge is 0.338 e. The van der Waals surface area contributed by atoms with Crippen molar-refractivity contribution in [1.29, 1.82) is 0 Å². The van der Waals surface area contributed by atoms with E-state index in [1.807, 2.05) is 0 Å². The fourth-order valence-electron chi connectivity index (χ4n) is 2.65. The molecule has 5 nitrogen and oxygen atoms in total. The molecule has 22 heavy (non-hydrogen) atoms. The monoisotopic (exact) mass is 296 g/mol. The molecule has 1 aliphatic carbocycles. The van der Waals surface area contributed by atoms with Crippen molar-refractivity contribution in [2.24, 2.45) is 0 Å². The van der Waals surface area contributed by atoms with Crippen molar-refractivity contribution < 1.29 is 23.9 Å². The van der Waals surface area contributed by atoms with E-state index < -0.39 is 11.9 Å². The maximum Gasteiger partial charge on any atom is 0.338 e. The van der Waals surface area contributed by atoms with Gasteiger partial charge in [0.05, 0.1) is 25.3 Å².